The zero-order chi connectivity index (χ0) is 26.7. The SMILES string of the molecule is C=C(OC1C2CC3CC(C2)CC1C3)C(C)(C)CC.C=C(OC1CC2CCC1(C)C2(C)C)C(C)(C)CC. The molecule has 2 heteroatoms. The molecule has 0 heterocycles. The molecule has 6 fully saturated rings. The molecule has 0 aromatic carbocycles. The maximum atomic E-state index is 6.39. The van der Waals surface area contributed by atoms with Crippen LogP contribution in [0.2, 0.25) is 0 Å². The molecule has 2 nitrogen and oxygen atoms in total. The maximum Gasteiger partial charge on any atom is 0.104 e. The highest BCUT2D eigenvalue weighted by Crippen LogP contribution is 2.66. The van der Waals surface area contributed by atoms with Gasteiger partial charge in [-0.1, -0.05) is 75.5 Å². The summed E-state index contributed by atoms with van der Waals surface area (Å²) in [5, 5.41) is 0. The topological polar surface area (TPSA) is 18.5 Å². The molecular weight excluding hydrogens is 440 g/mol. The minimum Gasteiger partial charge on any atom is -0.494 e. The van der Waals surface area contributed by atoms with Gasteiger partial charge in [0.2, 0.25) is 0 Å². The lowest BCUT2D eigenvalue weighted by atomic mass is 9.55. The summed E-state index contributed by atoms with van der Waals surface area (Å²) in [5.41, 5.74) is 0.996. The number of rotatable bonds is 8. The van der Waals surface area contributed by atoms with Crippen molar-refractivity contribution in [1.82, 2.24) is 0 Å². The van der Waals surface area contributed by atoms with E-state index in [1.807, 2.05) is 0 Å². The van der Waals surface area contributed by atoms with Crippen molar-refractivity contribution in [3.8, 4) is 0 Å². The quantitative estimate of drug-likeness (QED) is 0.310. The second-order valence-corrected chi connectivity index (χ2v) is 15.6. The molecule has 0 amide bonds. The largest absolute Gasteiger partial charge is 0.494 e. The van der Waals surface area contributed by atoms with Crippen molar-refractivity contribution < 1.29 is 9.47 Å². The summed E-state index contributed by atoms with van der Waals surface area (Å²) in [5.74, 6) is 6.59. The Morgan fingerprint density at radius 3 is 1.61 bits per heavy atom. The summed E-state index contributed by atoms with van der Waals surface area (Å²) in [6, 6.07) is 0. The lowest BCUT2D eigenvalue weighted by molar-refractivity contribution is -0.114. The zero-order valence-corrected chi connectivity index (χ0v) is 25.3. The van der Waals surface area contributed by atoms with E-state index in [4.69, 9.17) is 9.47 Å². The lowest BCUT2D eigenvalue weighted by Gasteiger charge is -2.54. The predicted octanol–water partition coefficient (Wildman–Crippen LogP) is 9.95. The molecule has 3 atom stereocenters. The molecule has 0 saturated heterocycles. The van der Waals surface area contributed by atoms with E-state index in [1.165, 1.54) is 51.4 Å². The third-order valence-corrected chi connectivity index (χ3v) is 12.7. The van der Waals surface area contributed by atoms with Gasteiger partial charge in [0.25, 0.3) is 0 Å². The third kappa shape index (κ3) is 4.82. The van der Waals surface area contributed by atoms with Crippen LogP contribution in [0.4, 0.5) is 0 Å². The molecule has 206 valence electrons. The molecule has 3 unspecified atom stereocenters. The fraction of sp³-hybridized carbons (Fsp3) is 0.882. The Morgan fingerprint density at radius 1 is 0.750 bits per heavy atom. The van der Waals surface area contributed by atoms with Crippen LogP contribution in [0.15, 0.2) is 24.7 Å². The van der Waals surface area contributed by atoms with Crippen LogP contribution in [0.5, 0.6) is 0 Å². The molecule has 6 aliphatic carbocycles. The minimum atomic E-state index is 0.0995. The van der Waals surface area contributed by atoms with E-state index >= 15 is 0 Å². The molecule has 0 aliphatic heterocycles. The third-order valence-electron chi connectivity index (χ3n) is 12.7. The standard InChI is InChI=1S/C17H28O.C17H30O/c1-5-17(3,4)11(2)18-16-14-7-12-6-13(9-14)10-15(16)8-12;1-8-15(3,4)12(2)18-14-11-13-9-10-17(14,7)16(13,5)6/h12-16H,2,5-10H2,1,3-4H3;13-14H,2,8-11H2,1,3-7H3. The van der Waals surface area contributed by atoms with Crippen LogP contribution in [0.3, 0.4) is 0 Å². The summed E-state index contributed by atoms with van der Waals surface area (Å²) in [4.78, 5) is 0. The number of hydrogen-bond acceptors (Lipinski definition) is 2. The second kappa shape index (κ2) is 9.68. The Hall–Kier alpha value is -0.920. The van der Waals surface area contributed by atoms with Gasteiger partial charge in [-0.15, -0.1) is 0 Å². The average Bonchev–Trinajstić information content (AvgIpc) is 3.14. The summed E-state index contributed by atoms with van der Waals surface area (Å²) in [7, 11) is 0. The van der Waals surface area contributed by atoms with Gasteiger partial charge >= 0.3 is 0 Å². The average molecular weight is 499 g/mol. The molecule has 6 saturated carbocycles. The highest BCUT2D eigenvalue weighted by atomic mass is 16.5. The van der Waals surface area contributed by atoms with Gasteiger partial charge in [0, 0.05) is 16.2 Å². The van der Waals surface area contributed by atoms with Crippen molar-refractivity contribution in [3.05, 3.63) is 24.7 Å². The van der Waals surface area contributed by atoms with E-state index in [1.54, 1.807) is 0 Å². The van der Waals surface area contributed by atoms with Gasteiger partial charge in [0.1, 0.15) is 12.2 Å². The minimum absolute atomic E-state index is 0.0995. The first-order valence-corrected chi connectivity index (χ1v) is 15.4. The van der Waals surface area contributed by atoms with Crippen LogP contribution in [-0.2, 0) is 9.47 Å². The second-order valence-electron chi connectivity index (χ2n) is 15.6. The number of allylic oxidation sites excluding steroid dienone is 2. The molecule has 0 N–H and O–H groups in total. The van der Waals surface area contributed by atoms with E-state index in [0.717, 1.165) is 53.9 Å². The van der Waals surface area contributed by atoms with Crippen LogP contribution >= 0.6 is 0 Å². The fourth-order valence-corrected chi connectivity index (χ4v) is 8.43. The molecule has 6 bridgehead atoms. The van der Waals surface area contributed by atoms with Crippen LogP contribution in [0.1, 0.15) is 127 Å². The van der Waals surface area contributed by atoms with Crippen molar-refractivity contribution in [2.45, 2.75) is 139 Å². The Balaban J connectivity index is 0.000000169. The van der Waals surface area contributed by atoms with Crippen molar-refractivity contribution in [2.24, 2.45) is 51.2 Å². The number of hydrogen-bond donors (Lipinski definition) is 0. The van der Waals surface area contributed by atoms with Gasteiger partial charge in [-0.2, -0.15) is 0 Å². The van der Waals surface area contributed by atoms with Crippen LogP contribution in [-0.4, -0.2) is 12.2 Å². The summed E-state index contributed by atoms with van der Waals surface area (Å²) < 4.78 is 12.7. The maximum absolute atomic E-state index is 6.39. The van der Waals surface area contributed by atoms with Gasteiger partial charge in [-0.05, 0) is 99.2 Å². The highest BCUT2D eigenvalue weighted by Gasteiger charge is 2.62. The Morgan fingerprint density at radius 2 is 1.22 bits per heavy atom. The Bertz CT molecular complexity index is 804. The summed E-state index contributed by atoms with van der Waals surface area (Å²) >= 11 is 0. The molecular formula is C34H58O2. The van der Waals surface area contributed by atoms with Crippen LogP contribution < -0.4 is 0 Å². The van der Waals surface area contributed by atoms with E-state index in [9.17, 15) is 0 Å². The van der Waals surface area contributed by atoms with Crippen LogP contribution in [0.25, 0.3) is 0 Å². The first-order chi connectivity index (χ1) is 16.6. The molecule has 0 aromatic heterocycles. The van der Waals surface area contributed by atoms with Gasteiger partial charge in [0.15, 0.2) is 0 Å². The monoisotopic (exact) mass is 498 g/mol. The van der Waals surface area contributed by atoms with E-state index in [0.29, 0.717) is 23.0 Å². The fourth-order valence-electron chi connectivity index (χ4n) is 8.43. The van der Waals surface area contributed by atoms with E-state index in [-0.39, 0.29) is 10.8 Å². The van der Waals surface area contributed by atoms with E-state index in [2.05, 4.69) is 75.5 Å². The van der Waals surface area contributed by atoms with E-state index < -0.39 is 0 Å². The van der Waals surface area contributed by atoms with Gasteiger partial charge in [-0.3, -0.25) is 0 Å². The Labute approximate surface area is 224 Å². The molecule has 6 aliphatic rings. The van der Waals surface area contributed by atoms with Crippen molar-refractivity contribution >= 4 is 0 Å². The van der Waals surface area contributed by atoms with Gasteiger partial charge in [-0.25, -0.2) is 0 Å². The molecule has 0 radical (unpaired) electrons. The van der Waals surface area contributed by atoms with Gasteiger partial charge in [0.05, 0.1) is 11.5 Å². The van der Waals surface area contributed by atoms with Gasteiger partial charge < -0.3 is 9.47 Å². The van der Waals surface area contributed by atoms with Crippen LogP contribution in [0, 0.1) is 51.2 Å². The van der Waals surface area contributed by atoms with Crippen molar-refractivity contribution in [3.63, 3.8) is 0 Å². The van der Waals surface area contributed by atoms with Crippen molar-refractivity contribution in [1.29, 1.82) is 0 Å². The lowest BCUT2D eigenvalue weighted by Crippen LogP contribution is -2.49. The normalized spacial score (nSPS) is 40.0. The number of fused-ring (bicyclic) bond motifs is 2. The van der Waals surface area contributed by atoms with Crippen molar-refractivity contribution in [2.75, 3.05) is 0 Å². The molecule has 6 rings (SSSR count). The predicted molar refractivity (Wildman–Crippen MR) is 152 cm³/mol. The molecule has 0 spiro atoms. The first kappa shape index (κ1) is 28.1. The number of ether oxygens (including phenoxy) is 2. The first-order valence-electron chi connectivity index (χ1n) is 15.4. The zero-order valence-electron chi connectivity index (χ0n) is 25.3. The summed E-state index contributed by atoms with van der Waals surface area (Å²) in [6.45, 7) is 29.1. The summed E-state index contributed by atoms with van der Waals surface area (Å²) in [6.07, 6.45) is 14.2. The molecule has 36 heavy (non-hydrogen) atoms. The molecule has 0 aromatic rings. The Kier molecular flexibility index (Phi) is 7.55. The smallest absolute Gasteiger partial charge is 0.104 e. The highest BCUT2D eigenvalue weighted by molar-refractivity contribution is 5.13.